The number of benzene rings is 2. The van der Waals surface area contributed by atoms with E-state index in [4.69, 9.17) is 4.74 Å². The second-order valence-electron chi connectivity index (χ2n) is 7.10. The number of hydrogen-bond acceptors (Lipinski definition) is 6. The summed E-state index contributed by atoms with van der Waals surface area (Å²) >= 11 is 0.850. The van der Waals surface area contributed by atoms with Crippen LogP contribution in [0.4, 0.5) is 14.5 Å². The summed E-state index contributed by atoms with van der Waals surface area (Å²) in [6, 6.07) is 7.49. The van der Waals surface area contributed by atoms with Crippen LogP contribution < -0.4 is 9.70 Å². The number of hydrogen-bond donors (Lipinski definition) is 0. The Kier molecular flexibility index (Phi) is 6.14. The van der Waals surface area contributed by atoms with Crippen molar-refractivity contribution in [2.24, 2.45) is 4.99 Å². The van der Waals surface area contributed by atoms with Gasteiger partial charge >= 0.3 is 5.97 Å². The molecule has 1 saturated heterocycles. The molecular weight excluding hydrogens is 456 g/mol. The molecule has 0 spiro atoms. The molecule has 170 valence electrons. The zero-order chi connectivity index (χ0) is 23.7. The van der Waals surface area contributed by atoms with Crippen molar-refractivity contribution in [2.75, 3.05) is 11.5 Å². The van der Waals surface area contributed by atoms with E-state index in [0.29, 0.717) is 11.8 Å². The van der Waals surface area contributed by atoms with Gasteiger partial charge in [-0.05, 0) is 37.3 Å². The zero-order valence-electron chi connectivity index (χ0n) is 17.3. The Labute approximate surface area is 189 Å². The molecule has 11 heteroatoms. The van der Waals surface area contributed by atoms with E-state index < -0.39 is 30.1 Å². The topological polar surface area (TPSA) is 98.0 Å². The first-order chi connectivity index (χ1) is 15.8. The maximum absolute atomic E-state index is 14.5. The van der Waals surface area contributed by atoms with E-state index >= 15 is 0 Å². The van der Waals surface area contributed by atoms with E-state index in [-0.39, 0.29) is 51.8 Å². The molecule has 0 bridgehead atoms. The Bertz CT molecular complexity index is 1340. The van der Waals surface area contributed by atoms with Crippen LogP contribution in [0.15, 0.2) is 41.4 Å². The van der Waals surface area contributed by atoms with Gasteiger partial charge < -0.3 is 9.30 Å². The highest BCUT2D eigenvalue weighted by atomic mass is 32.1. The SMILES string of the molecule is CCOC(=O)Cn1c(=NC(=O)c2ccc(N3C(=O)CCC3=O)cc2)sc2cc(F)cc(F)c21. The molecule has 1 aromatic heterocycles. The molecule has 0 atom stereocenters. The summed E-state index contributed by atoms with van der Waals surface area (Å²) in [4.78, 5) is 53.6. The first-order valence-corrected chi connectivity index (χ1v) is 10.8. The quantitative estimate of drug-likeness (QED) is 0.419. The predicted octanol–water partition coefficient (Wildman–Crippen LogP) is 2.94. The van der Waals surface area contributed by atoms with Crippen molar-refractivity contribution in [3.8, 4) is 0 Å². The second kappa shape index (κ2) is 9.02. The number of anilines is 1. The van der Waals surface area contributed by atoms with Crippen LogP contribution in [0.3, 0.4) is 0 Å². The number of nitrogens with zero attached hydrogens (tertiary/aromatic N) is 3. The zero-order valence-corrected chi connectivity index (χ0v) is 18.2. The lowest BCUT2D eigenvalue weighted by atomic mass is 10.2. The Hall–Kier alpha value is -3.73. The van der Waals surface area contributed by atoms with Crippen LogP contribution in [0.2, 0.25) is 0 Å². The molecule has 1 fully saturated rings. The highest BCUT2D eigenvalue weighted by Gasteiger charge is 2.30. The number of aromatic nitrogens is 1. The van der Waals surface area contributed by atoms with Gasteiger partial charge in [0, 0.05) is 24.5 Å². The van der Waals surface area contributed by atoms with Gasteiger partial charge in [-0.2, -0.15) is 4.99 Å². The van der Waals surface area contributed by atoms with Crippen molar-refractivity contribution in [1.29, 1.82) is 0 Å². The third kappa shape index (κ3) is 4.44. The van der Waals surface area contributed by atoms with E-state index in [2.05, 4.69) is 4.99 Å². The molecule has 2 aromatic carbocycles. The van der Waals surface area contributed by atoms with Gasteiger partial charge in [-0.25, -0.2) is 8.78 Å². The Balaban J connectivity index is 1.72. The van der Waals surface area contributed by atoms with Crippen LogP contribution in [0.5, 0.6) is 0 Å². The molecule has 4 rings (SSSR count). The van der Waals surface area contributed by atoms with E-state index in [0.717, 1.165) is 22.3 Å². The number of thiazole rings is 1. The normalized spacial score (nSPS) is 14.4. The number of amides is 3. The third-order valence-electron chi connectivity index (χ3n) is 4.91. The average molecular weight is 473 g/mol. The summed E-state index contributed by atoms with van der Waals surface area (Å²) < 4.78 is 34.4. The van der Waals surface area contributed by atoms with Gasteiger partial charge in [0.05, 0.1) is 22.5 Å². The largest absolute Gasteiger partial charge is 0.465 e. The number of carbonyl (C=O) groups is 4. The summed E-state index contributed by atoms with van der Waals surface area (Å²) in [5.74, 6) is -3.70. The van der Waals surface area contributed by atoms with Crippen molar-refractivity contribution in [3.05, 3.63) is 58.4 Å². The molecule has 0 saturated carbocycles. The number of imide groups is 1. The molecule has 2 heterocycles. The molecule has 33 heavy (non-hydrogen) atoms. The van der Waals surface area contributed by atoms with Gasteiger partial charge in [0.2, 0.25) is 11.8 Å². The van der Waals surface area contributed by atoms with Crippen LogP contribution in [-0.2, 0) is 25.7 Å². The first kappa shape index (κ1) is 22.5. The lowest BCUT2D eigenvalue weighted by Gasteiger charge is -2.13. The van der Waals surface area contributed by atoms with Crippen LogP contribution in [0.1, 0.15) is 30.1 Å². The minimum atomic E-state index is -0.899. The van der Waals surface area contributed by atoms with Crippen molar-refractivity contribution >= 4 is 50.9 Å². The van der Waals surface area contributed by atoms with Gasteiger partial charge in [0.15, 0.2) is 10.6 Å². The fraction of sp³-hybridized carbons (Fsp3) is 0.227. The molecule has 3 amide bonds. The van der Waals surface area contributed by atoms with Crippen molar-refractivity contribution in [1.82, 2.24) is 4.57 Å². The van der Waals surface area contributed by atoms with Crippen molar-refractivity contribution in [3.63, 3.8) is 0 Å². The highest BCUT2D eigenvalue weighted by molar-refractivity contribution is 7.16. The molecule has 3 aromatic rings. The average Bonchev–Trinajstić information content (AvgIpc) is 3.27. The lowest BCUT2D eigenvalue weighted by molar-refractivity contribution is -0.143. The molecule has 1 aliphatic rings. The standard InChI is InChI=1S/C22H17F2N3O5S/c1-2-32-19(30)11-26-20-15(24)9-13(23)10-16(20)33-22(26)25-21(31)12-3-5-14(6-4-12)27-17(28)7-8-18(27)29/h3-6,9-10H,2,7-8,11H2,1H3. The van der Waals surface area contributed by atoms with Crippen molar-refractivity contribution < 1.29 is 32.7 Å². The smallest absolute Gasteiger partial charge is 0.326 e. The van der Waals surface area contributed by atoms with Crippen LogP contribution in [0.25, 0.3) is 10.2 Å². The summed E-state index contributed by atoms with van der Waals surface area (Å²) in [6.07, 6.45) is 0.275. The van der Waals surface area contributed by atoms with Gasteiger partial charge in [-0.15, -0.1) is 0 Å². The van der Waals surface area contributed by atoms with Crippen LogP contribution in [-0.4, -0.2) is 34.9 Å². The maximum atomic E-state index is 14.5. The minimum absolute atomic E-state index is 0.0125. The van der Waals surface area contributed by atoms with Crippen LogP contribution in [0, 0.1) is 11.6 Å². The fourth-order valence-electron chi connectivity index (χ4n) is 3.47. The molecule has 8 nitrogen and oxygen atoms in total. The number of rotatable bonds is 5. The monoisotopic (exact) mass is 473 g/mol. The second-order valence-corrected chi connectivity index (χ2v) is 8.11. The summed E-state index contributed by atoms with van der Waals surface area (Å²) in [6.45, 7) is 1.31. The number of fused-ring (bicyclic) bond motifs is 1. The number of carbonyl (C=O) groups excluding carboxylic acids is 4. The van der Waals surface area contributed by atoms with Crippen molar-refractivity contribution in [2.45, 2.75) is 26.3 Å². The maximum Gasteiger partial charge on any atom is 0.326 e. The minimum Gasteiger partial charge on any atom is -0.465 e. The molecule has 0 N–H and O–H groups in total. The third-order valence-corrected chi connectivity index (χ3v) is 5.93. The summed E-state index contributed by atoms with van der Waals surface area (Å²) in [5, 5.41) is 0. The summed E-state index contributed by atoms with van der Waals surface area (Å²) in [7, 11) is 0. The molecule has 0 radical (unpaired) electrons. The van der Waals surface area contributed by atoms with E-state index in [1.807, 2.05) is 0 Å². The van der Waals surface area contributed by atoms with E-state index in [1.54, 1.807) is 6.92 Å². The first-order valence-electron chi connectivity index (χ1n) is 9.97. The van der Waals surface area contributed by atoms with E-state index in [1.165, 1.54) is 28.8 Å². The Morgan fingerprint density at radius 2 is 1.76 bits per heavy atom. The van der Waals surface area contributed by atoms with E-state index in [9.17, 15) is 28.0 Å². The molecule has 1 aliphatic heterocycles. The highest BCUT2D eigenvalue weighted by Crippen LogP contribution is 2.24. The lowest BCUT2D eigenvalue weighted by Crippen LogP contribution is -2.28. The number of halogens is 2. The summed E-state index contributed by atoms with van der Waals surface area (Å²) in [5.41, 5.74) is 0.419. The predicted molar refractivity (Wildman–Crippen MR) is 114 cm³/mol. The van der Waals surface area contributed by atoms with Gasteiger partial charge in [-0.1, -0.05) is 11.3 Å². The van der Waals surface area contributed by atoms with Gasteiger partial charge in [0.1, 0.15) is 12.4 Å². The molecule has 0 aliphatic carbocycles. The van der Waals surface area contributed by atoms with Gasteiger partial charge in [-0.3, -0.25) is 24.1 Å². The van der Waals surface area contributed by atoms with Crippen LogP contribution >= 0.6 is 11.3 Å². The Morgan fingerprint density at radius 3 is 2.39 bits per heavy atom. The molecular formula is C22H17F2N3O5S. The molecule has 0 unspecified atom stereocenters. The Morgan fingerprint density at radius 1 is 1.09 bits per heavy atom. The fourth-order valence-corrected chi connectivity index (χ4v) is 4.53. The number of ether oxygens (including phenoxy) is 1. The number of esters is 1. The van der Waals surface area contributed by atoms with Gasteiger partial charge in [0.25, 0.3) is 5.91 Å².